The van der Waals surface area contributed by atoms with E-state index >= 15 is 0 Å². The number of nitrogens with zero attached hydrogens (tertiary/aromatic N) is 1. The van der Waals surface area contributed by atoms with Crippen molar-refractivity contribution in [3.63, 3.8) is 0 Å². The van der Waals surface area contributed by atoms with Gasteiger partial charge in [-0.1, -0.05) is 30.3 Å². The number of hydrogen-bond donors (Lipinski definition) is 1. The maximum absolute atomic E-state index is 12.2. The average molecular weight is 297 g/mol. The molecular formula is C15H21ClN2O2. The lowest BCUT2D eigenvalue weighted by atomic mass is 10.1. The highest BCUT2D eigenvalue weighted by molar-refractivity contribution is 6.30. The van der Waals surface area contributed by atoms with E-state index in [1.807, 2.05) is 39.0 Å². The summed E-state index contributed by atoms with van der Waals surface area (Å²) in [6.07, 6.45) is 0. The van der Waals surface area contributed by atoms with E-state index in [1.54, 1.807) is 19.2 Å². The lowest BCUT2D eigenvalue weighted by Crippen LogP contribution is -2.46. The Bertz CT molecular complexity index is 469. The Kier molecular flexibility index (Phi) is 5.57. The number of benzene rings is 1. The first kappa shape index (κ1) is 16.5. The lowest BCUT2D eigenvalue weighted by molar-refractivity contribution is -0.135. The lowest BCUT2D eigenvalue weighted by Gasteiger charge is -2.24. The van der Waals surface area contributed by atoms with Crippen LogP contribution in [0.2, 0.25) is 0 Å². The van der Waals surface area contributed by atoms with Crippen LogP contribution < -0.4 is 5.32 Å². The van der Waals surface area contributed by atoms with Crippen LogP contribution in [0.5, 0.6) is 0 Å². The zero-order valence-electron chi connectivity index (χ0n) is 12.3. The molecule has 2 amide bonds. The first-order chi connectivity index (χ1) is 9.20. The summed E-state index contributed by atoms with van der Waals surface area (Å²) < 4.78 is 0. The zero-order chi connectivity index (χ0) is 15.3. The van der Waals surface area contributed by atoms with Gasteiger partial charge in [0.1, 0.15) is 5.38 Å². The van der Waals surface area contributed by atoms with Crippen molar-refractivity contribution < 1.29 is 9.59 Å². The molecule has 1 aromatic carbocycles. The molecule has 0 aliphatic rings. The smallest absolute Gasteiger partial charge is 0.245 e. The number of hydrogen-bond acceptors (Lipinski definition) is 2. The van der Waals surface area contributed by atoms with Crippen molar-refractivity contribution in [3.05, 3.63) is 35.9 Å². The molecule has 0 fully saturated rings. The summed E-state index contributed by atoms with van der Waals surface area (Å²) in [6, 6.07) is 9.09. The van der Waals surface area contributed by atoms with Gasteiger partial charge >= 0.3 is 0 Å². The van der Waals surface area contributed by atoms with E-state index in [0.29, 0.717) is 0 Å². The van der Waals surface area contributed by atoms with Crippen LogP contribution in [-0.4, -0.2) is 35.8 Å². The summed E-state index contributed by atoms with van der Waals surface area (Å²) in [5.41, 5.74) is 0.406. The molecule has 0 aliphatic carbocycles. The molecular weight excluding hydrogens is 276 g/mol. The number of carbonyl (C=O) groups excluding carboxylic acids is 2. The predicted octanol–water partition coefficient (Wildman–Crippen LogP) is 2.34. The van der Waals surface area contributed by atoms with Crippen molar-refractivity contribution in [1.29, 1.82) is 0 Å². The van der Waals surface area contributed by atoms with E-state index in [4.69, 9.17) is 11.6 Å². The van der Waals surface area contributed by atoms with Crippen molar-refractivity contribution in [2.45, 2.75) is 31.7 Å². The van der Waals surface area contributed by atoms with E-state index in [1.165, 1.54) is 4.90 Å². The van der Waals surface area contributed by atoms with Crippen molar-refractivity contribution in [2.75, 3.05) is 13.6 Å². The monoisotopic (exact) mass is 296 g/mol. The number of carbonyl (C=O) groups is 2. The first-order valence-electron chi connectivity index (χ1n) is 6.46. The molecule has 0 spiro atoms. The molecule has 1 rings (SSSR count). The summed E-state index contributed by atoms with van der Waals surface area (Å²) in [5.74, 6) is -0.493. The fourth-order valence-corrected chi connectivity index (χ4v) is 2.02. The SMILES string of the molecule is CN(CC(=O)NC(C)(C)C)C(=O)C(Cl)c1ccccc1. The molecule has 0 heterocycles. The minimum atomic E-state index is -0.774. The maximum Gasteiger partial charge on any atom is 0.245 e. The minimum absolute atomic E-state index is 0.00778. The topological polar surface area (TPSA) is 49.4 Å². The van der Waals surface area contributed by atoms with Crippen molar-refractivity contribution in [3.8, 4) is 0 Å². The van der Waals surface area contributed by atoms with Crippen LogP contribution in [0.1, 0.15) is 31.7 Å². The third-order valence-corrected chi connectivity index (χ3v) is 3.02. The molecule has 0 aliphatic heterocycles. The fraction of sp³-hybridized carbons (Fsp3) is 0.467. The molecule has 0 saturated carbocycles. The summed E-state index contributed by atoms with van der Waals surface area (Å²) >= 11 is 6.15. The van der Waals surface area contributed by atoms with Crippen LogP contribution in [0, 0.1) is 0 Å². The summed E-state index contributed by atoms with van der Waals surface area (Å²) in [4.78, 5) is 25.3. The van der Waals surface area contributed by atoms with Gasteiger partial charge in [-0.25, -0.2) is 0 Å². The Labute approximate surface area is 125 Å². The summed E-state index contributed by atoms with van der Waals surface area (Å²) in [5, 5.41) is 2.03. The second kappa shape index (κ2) is 6.75. The number of likely N-dealkylation sites (N-methyl/N-ethyl adjacent to an activating group) is 1. The number of nitrogens with one attached hydrogen (secondary N) is 1. The molecule has 1 atom stereocenters. The fourth-order valence-electron chi connectivity index (χ4n) is 1.71. The second-order valence-electron chi connectivity index (χ2n) is 5.77. The van der Waals surface area contributed by atoms with E-state index < -0.39 is 5.38 Å². The van der Waals surface area contributed by atoms with E-state index in [0.717, 1.165) is 5.56 Å². The van der Waals surface area contributed by atoms with Crippen molar-refractivity contribution in [2.24, 2.45) is 0 Å². The van der Waals surface area contributed by atoms with Crippen LogP contribution in [0.3, 0.4) is 0 Å². The molecule has 1 N–H and O–H groups in total. The molecule has 1 aromatic rings. The van der Waals surface area contributed by atoms with Gasteiger partial charge in [0.05, 0.1) is 6.54 Å². The third kappa shape index (κ3) is 5.21. The van der Waals surface area contributed by atoms with Gasteiger partial charge in [0, 0.05) is 12.6 Å². The minimum Gasteiger partial charge on any atom is -0.350 e. The van der Waals surface area contributed by atoms with Gasteiger partial charge in [-0.3, -0.25) is 9.59 Å². The van der Waals surface area contributed by atoms with Crippen LogP contribution in [0.15, 0.2) is 30.3 Å². The number of halogens is 1. The molecule has 20 heavy (non-hydrogen) atoms. The van der Waals surface area contributed by atoms with Gasteiger partial charge in [0.25, 0.3) is 0 Å². The Hall–Kier alpha value is -1.55. The van der Waals surface area contributed by atoms with Crippen LogP contribution >= 0.6 is 11.6 Å². The highest BCUT2D eigenvalue weighted by atomic mass is 35.5. The molecule has 1 unspecified atom stereocenters. The quantitative estimate of drug-likeness (QED) is 0.867. The third-order valence-electron chi connectivity index (χ3n) is 2.58. The van der Waals surface area contributed by atoms with E-state index in [9.17, 15) is 9.59 Å². The second-order valence-corrected chi connectivity index (χ2v) is 6.20. The molecule has 0 bridgehead atoms. The van der Waals surface area contributed by atoms with Crippen LogP contribution in [0.4, 0.5) is 0 Å². The molecule has 4 nitrogen and oxygen atoms in total. The highest BCUT2D eigenvalue weighted by Crippen LogP contribution is 2.22. The van der Waals surface area contributed by atoms with Gasteiger partial charge < -0.3 is 10.2 Å². The Morgan fingerprint density at radius 3 is 2.30 bits per heavy atom. The van der Waals surface area contributed by atoms with Gasteiger partial charge in [-0.05, 0) is 26.3 Å². The van der Waals surface area contributed by atoms with Crippen molar-refractivity contribution >= 4 is 23.4 Å². The Morgan fingerprint density at radius 2 is 1.80 bits per heavy atom. The Morgan fingerprint density at radius 1 is 1.25 bits per heavy atom. The van der Waals surface area contributed by atoms with Gasteiger partial charge in [-0.15, -0.1) is 11.6 Å². The van der Waals surface area contributed by atoms with Gasteiger partial charge in [0.2, 0.25) is 11.8 Å². The van der Waals surface area contributed by atoms with Gasteiger partial charge in [0.15, 0.2) is 0 Å². The highest BCUT2D eigenvalue weighted by Gasteiger charge is 2.23. The maximum atomic E-state index is 12.2. The average Bonchev–Trinajstić information content (AvgIpc) is 2.35. The Balaban J connectivity index is 2.61. The molecule has 0 radical (unpaired) electrons. The number of alkyl halides is 1. The first-order valence-corrected chi connectivity index (χ1v) is 6.89. The van der Waals surface area contributed by atoms with E-state index in [-0.39, 0.29) is 23.9 Å². The predicted molar refractivity (Wildman–Crippen MR) is 80.6 cm³/mol. The number of rotatable bonds is 4. The summed E-state index contributed by atoms with van der Waals surface area (Å²) in [7, 11) is 1.57. The molecule has 5 heteroatoms. The van der Waals surface area contributed by atoms with Crippen molar-refractivity contribution in [1.82, 2.24) is 10.2 Å². The zero-order valence-corrected chi connectivity index (χ0v) is 13.1. The van der Waals surface area contributed by atoms with Crippen LogP contribution in [-0.2, 0) is 9.59 Å². The molecule has 110 valence electrons. The van der Waals surface area contributed by atoms with E-state index in [2.05, 4.69) is 5.32 Å². The van der Waals surface area contributed by atoms with Crippen LogP contribution in [0.25, 0.3) is 0 Å². The van der Waals surface area contributed by atoms with Gasteiger partial charge in [-0.2, -0.15) is 0 Å². The molecule has 0 saturated heterocycles. The largest absolute Gasteiger partial charge is 0.350 e. The normalized spacial score (nSPS) is 12.7. The number of amides is 2. The summed E-state index contributed by atoms with van der Waals surface area (Å²) in [6.45, 7) is 5.66. The standard InChI is InChI=1S/C15H21ClN2O2/c1-15(2,3)17-12(19)10-18(4)14(20)13(16)11-8-6-5-7-9-11/h5-9,13H,10H2,1-4H3,(H,17,19). The molecule has 0 aromatic heterocycles.